The molecular weight excluding hydrogens is 615 g/mol. The number of allylic oxidation sites excluding steroid dienone is 2. The molecule has 1 atom stereocenters. The number of oxazole rings is 1. The molecule has 0 spiro atoms. The van der Waals surface area contributed by atoms with E-state index < -0.39 is 21.5 Å². The number of fused-ring (bicyclic) bond motifs is 2. The van der Waals surface area contributed by atoms with Gasteiger partial charge in [0.2, 0.25) is 11.5 Å². The molecule has 2 aromatic carbocycles. The van der Waals surface area contributed by atoms with Crippen molar-refractivity contribution in [2.24, 2.45) is 0 Å². The van der Waals surface area contributed by atoms with E-state index >= 15 is 0 Å². The van der Waals surface area contributed by atoms with E-state index in [2.05, 4.69) is 0 Å². The lowest BCUT2D eigenvalue weighted by Crippen LogP contribution is -2.35. The number of ether oxygens (including phenoxy) is 1. The highest BCUT2D eigenvalue weighted by Gasteiger charge is 2.27. The number of nitrogens with zero attached hydrogens (tertiary/aromatic N) is 2. The van der Waals surface area contributed by atoms with E-state index in [1.165, 1.54) is 0 Å². The summed E-state index contributed by atoms with van der Waals surface area (Å²) >= 11 is 10.3. The maximum Gasteiger partial charge on any atom is 0.374 e. The van der Waals surface area contributed by atoms with Crippen LogP contribution >= 0.6 is 23.2 Å². The van der Waals surface area contributed by atoms with Crippen molar-refractivity contribution in [3.63, 3.8) is 0 Å². The SMILES string of the molecule is CCC(=Cc1oc2cc(C)c(Cl)cc2[n+]1CCCCS(=O)(=O)O)C=C1Oc2ccc(Cl)cc2N1CCCOS(=O)O. The Morgan fingerprint density at radius 3 is 2.68 bits per heavy atom. The van der Waals surface area contributed by atoms with Gasteiger partial charge in [0.05, 0.1) is 29.1 Å². The first-order valence-electron chi connectivity index (χ1n) is 12.9. The van der Waals surface area contributed by atoms with Crippen LogP contribution in [-0.2, 0) is 32.2 Å². The van der Waals surface area contributed by atoms with Gasteiger partial charge in [-0.05, 0) is 61.6 Å². The molecule has 1 aliphatic rings. The number of anilines is 1. The Kier molecular flexibility index (Phi) is 10.5. The van der Waals surface area contributed by atoms with Gasteiger partial charge < -0.3 is 14.1 Å². The molecule has 14 heteroatoms. The van der Waals surface area contributed by atoms with Gasteiger partial charge in [-0.25, -0.2) is 0 Å². The normalized spacial score (nSPS) is 15.5. The molecule has 2 N–H and O–H groups in total. The average molecular weight is 647 g/mol. The van der Waals surface area contributed by atoms with E-state index in [1.807, 2.05) is 47.6 Å². The number of hydrogen-bond donors (Lipinski definition) is 2. The van der Waals surface area contributed by atoms with Crippen molar-refractivity contribution in [1.29, 1.82) is 0 Å². The fourth-order valence-electron chi connectivity index (χ4n) is 4.44. The highest BCUT2D eigenvalue weighted by Crippen LogP contribution is 2.41. The van der Waals surface area contributed by atoms with Crippen molar-refractivity contribution in [3.05, 3.63) is 69.4 Å². The number of unbranched alkanes of at least 4 members (excludes halogenated alkanes) is 1. The summed E-state index contributed by atoms with van der Waals surface area (Å²) in [6.45, 7) is 4.86. The Bertz CT molecular complexity index is 1620. The maximum absolute atomic E-state index is 11.2. The second-order valence-electron chi connectivity index (χ2n) is 9.47. The summed E-state index contributed by atoms with van der Waals surface area (Å²) in [7, 11) is -4.05. The largest absolute Gasteiger partial charge is 0.439 e. The van der Waals surface area contributed by atoms with Crippen molar-refractivity contribution >= 4 is 67.5 Å². The van der Waals surface area contributed by atoms with Crippen LogP contribution in [0.2, 0.25) is 10.0 Å². The number of rotatable bonds is 13. The molecule has 222 valence electrons. The molecule has 10 nitrogen and oxygen atoms in total. The summed E-state index contributed by atoms with van der Waals surface area (Å²) in [5.74, 6) is 1.41. The summed E-state index contributed by atoms with van der Waals surface area (Å²) in [4.78, 5) is 1.93. The van der Waals surface area contributed by atoms with Crippen molar-refractivity contribution in [1.82, 2.24) is 0 Å². The zero-order valence-corrected chi connectivity index (χ0v) is 25.7. The van der Waals surface area contributed by atoms with Gasteiger partial charge in [0.15, 0.2) is 12.3 Å². The van der Waals surface area contributed by atoms with Gasteiger partial charge >= 0.3 is 17.3 Å². The Balaban J connectivity index is 1.68. The predicted octanol–water partition coefficient (Wildman–Crippen LogP) is 6.08. The summed E-state index contributed by atoms with van der Waals surface area (Å²) in [5, 5.41) is 1.13. The Morgan fingerprint density at radius 1 is 1.20 bits per heavy atom. The lowest BCUT2D eigenvalue weighted by molar-refractivity contribution is -0.678. The van der Waals surface area contributed by atoms with Crippen LogP contribution in [0.15, 0.2) is 52.3 Å². The molecule has 0 saturated heterocycles. The molecule has 2 heterocycles. The maximum atomic E-state index is 11.2. The molecule has 0 fully saturated rings. The van der Waals surface area contributed by atoms with Crippen LogP contribution in [0.3, 0.4) is 0 Å². The zero-order chi connectivity index (χ0) is 29.7. The standard InChI is InChI=1S/C27H30Cl2N2O8S2/c1-3-19(14-26-31(10-6-11-37-40(32)33)22-16-20(28)7-8-24(22)38-26)15-27-30(9-4-5-12-41(34,35)36)23-17-21(29)18(2)13-25(23)39-27/h7-8,13-17H,3-6,9-12H2,1-2H3,(H-,32,33,34,35,36)/p+1. The fourth-order valence-corrected chi connectivity index (χ4v) is 5.60. The van der Waals surface area contributed by atoms with E-state index in [0.29, 0.717) is 65.5 Å². The summed E-state index contributed by atoms with van der Waals surface area (Å²) in [5.41, 5.74) is 3.92. The molecule has 1 unspecified atom stereocenters. The van der Waals surface area contributed by atoms with Crippen LogP contribution in [0, 0.1) is 6.92 Å². The number of benzene rings is 2. The minimum absolute atomic E-state index is 0.0812. The quantitative estimate of drug-likeness (QED) is 0.0982. The Hall–Kier alpha value is -2.45. The molecule has 1 aliphatic heterocycles. The van der Waals surface area contributed by atoms with Gasteiger partial charge in [0.25, 0.3) is 15.6 Å². The van der Waals surface area contributed by atoms with Crippen LogP contribution < -0.4 is 14.2 Å². The number of aryl methyl sites for hydroxylation is 2. The minimum Gasteiger partial charge on any atom is -0.439 e. The van der Waals surface area contributed by atoms with Crippen LogP contribution in [0.25, 0.3) is 17.2 Å². The third kappa shape index (κ3) is 8.31. The van der Waals surface area contributed by atoms with E-state index in [0.717, 1.165) is 22.3 Å². The zero-order valence-electron chi connectivity index (χ0n) is 22.5. The third-order valence-electron chi connectivity index (χ3n) is 6.47. The summed E-state index contributed by atoms with van der Waals surface area (Å²) < 4.78 is 70.4. The van der Waals surface area contributed by atoms with Gasteiger partial charge in [-0.3, -0.25) is 13.3 Å². The van der Waals surface area contributed by atoms with Gasteiger partial charge in [-0.2, -0.15) is 17.2 Å². The van der Waals surface area contributed by atoms with Crippen LogP contribution in [0.4, 0.5) is 5.69 Å². The third-order valence-corrected chi connectivity index (χ3v) is 8.29. The van der Waals surface area contributed by atoms with Gasteiger partial charge in [0, 0.05) is 30.1 Å². The minimum atomic E-state index is -4.05. The molecule has 3 aromatic rings. The molecule has 0 aliphatic carbocycles. The van der Waals surface area contributed by atoms with Crippen molar-refractivity contribution < 1.29 is 39.6 Å². The molecule has 0 saturated carbocycles. The predicted molar refractivity (Wildman–Crippen MR) is 159 cm³/mol. The lowest BCUT2D eigenvalue weighted by Gasteiger charge is -2.18. The second kappa shape index (κ2) is 13.7. The highest BCUT2D eigenvalue weighted by molar-refractivity contribution is 7.85. The van der Waals surface area contributed by atoms with E-state index in [9.17, 15) is 12.6 Å². The van der Waals surface area contributed by atoms with Gasteiger partial charge in [-0.15, -0.1) is 0 Å². The molecule has 0 radical (unpaired) electrons. The van der Waals surface area contributed by atoms with Crippen molar-refractivity contribution in [3.8, 4) is 5.75 Å². The molecule has 1 aromatic heterocycles. The first-order chi connectivity index (χ1) is 19.4. The van der Waals surface area contributed by atoms with Gasteiger partial charge in [0.1, 0.15) is 0 Å². The first-order valence-corrected chi connectivity index (χ1v) is 16.3. The number of halogens is 2. The fraction of sp³-hybridized carbons (Fsp3) is 0.370. The topological polar surface area (TPSA) is 130 Å². The van der Waals surface area contributed by atoms with Crippen LogP contribution in [0.5, 0.6) is 5.75 Å². The first kappa shape index (κ1) is 31.5. The Morgan fingerprint density at radius 2 is 1.98 bits per heavy atom. The van der Waals surface area contributed by atoms with E-state index in [-0.39, 0.29) is 18.8 Å². The van der Waals surface area contributed by atoms with Crippen molar-refractivity contribution in [2.45, 2.75) is 46.1 Å². The molecule has 0 bridgehead atoms. The summed E-state index contributed by atoms with van der Waals surface area (Å²) in [6.07, 6.45) is 5.65. The molecule has 4 rings (SSSR count). The van der Waals surface area contributed by atoms with Crippen LogP contribution in [0.1, 0.15) is 44.1 Å². The van der Waals surface area contributed by atoms with Gasteiger partial charge in [-0.1, -0.05) is 30.1 Å². The molecule has 0 amide bonds. The van der Waals surface area contributed by atoms with Crippen LogP contribution in [-0.4, -0.2) is 40.6 Å². The Labute approximate surface area is 251 Å². The highest BCUT2D eigenvalue weighted by atomic mass is 35.5. The molecular formula is C27H31Cl2N2O8S2+. The lowest BCUT2D eigenvalue weighted by atomic mass is 10.1. The second-order valence-corrected chi connectivity index (χ2v) is 12.6. The molecule has 41 heavy (non-hydrogen) atoms. The number of hydrogen-bond acceptors (Lipinski definition) is 7. The monoisotopic (exact) mass is 645 g/mol. The van der Waals surface area contributed by atoms with Crippen molar-refractivity contribution in [2.75, 3.05) is 23.8 Å². The number of aromatic nitrogens is 1. The summed E-state index contributed by atoms with van der Waals surface area (Å²) in [6, 6.07) is 9.00. The average Bonchev–Trinajstić information content (AvgIpc) is 3.39. The van der Waals surface area contributed by atoms with E-state index in [1.54, 1.807) is 18.2 Å². The smallest absolute Gasteiger partial charge is 0.374 e. The van der Waals surface area contributed by atoms with E-state index in [4.69, 9.17) is 45.6 Å².